The van der Waals surface area contributed by atoms with Gasteiger partial charge in [-0.15, -0.1) is 0 Å². The molecule has 1 aliphatic rings. The van der Waals surface area contributed by atoms with E-state index in [-0.39, 0.29) is 24.3 Å². The second kappa shape index (κ2) is 8.79. The lowest BCUT2D eigenvalue weighted by atomic mass is 10.1. The van der Waals surface area contributed by atoms with Gasteiger partial charge in [-0.25, -0.2) is 4.98 Å². The van der Waals surface area contributed by atoms with Crippen LogP contribution >= 0.6 is 0 Å². The topological polar surface area (TPSA) is 67.7 Å². The van der Waals surface area contributed by atoms with Gasteiger partial charge >= 0.3 is 0 Å². The van der Waals surface area contributed by atoms with Crippen molar-refractivity contribution in [3.63, 3.8) is 0 Å². The van der Waals surface area contributed by atoms with E-state index in [1.165, 1.54) is 0 Å². The van der Waals surface area contributed by atoms with E-state index in [4.69, 9.17) is 9.72 Å². The molecule has 2 aromatic carbocycles. The molecule has 2 amide bonds. The zero-order valence-electron chi connectivity index (χ0n) is 18.2. The summed E-state index contributed by atoms with van der Waals surface area (Å²) in [6, 6.07) is 15.4. The van der Waals surface area contributed by atoms with E-state index < -0.39 is 0 Å². The number of aromatic nitrogens is 2. The first kappa shape index (κ1) is 20.9. The first-order chi connectivity index (χ1) is 15.0. The Hall–Kier alpha value is -3.35. The summed E-state index contributed by atoms with van der Waals surface area (Å²) in [6.45, 7) is 6.05. The summed E-state index contributed by atoms with van der Waals surface area (Å²) < 4.78 is 7.30. The minimum absolute atomic E-state index is 0.0481. The number of benzene rings is 2. The molecule has 3 aromatic rings. The van der Waals surface area contributed by atoms with E-state index in [9.17, 15) is 9.59 Å². The lowest BCUT2D eigenvalue weighted by Crippen LogP contribution is -2.34. The number of amides is 2. The molecule has 31 heavy (non-hydrogen) atoms. The lowest BCUT2D eigenvalue weighted by molar-refractivity contribution is -0.131. The fourth-order valence-electron chi connectivity index (χ4n) is 4.29. The van der Waals surface area contributed by atoms with Crippen molar-refractivity contribution in [1.82, 2.24) is 14.5 Å². The molecule has 2 heterocycles. The Morgan fingerprint density at radius 3 is 2.68 bits per heavy atom. The number of para-hydroxylation sites is 2. The number of hydrogen-bond acceptors (Lipinski definition) is 4. The van der Waals surface area contributed by atoms with Gasteiger partial charge in [0.2, 0.25) is 11.8 Å². The predicted octanol–water partition coefficient (Wildman–Crippen LogP) is 3.43. The van der Waals surface area contributed by atoms with Gasteiger partial charge in [0.15, 0.2) is 0 Å². The third kappa shape index (κ3) is 4.00. The first-order valence-corrected chi connectivity index (χ1v) is 10.7. The number of carbonyl (C=O) groups excluding carboxylic acids is 2. The minimum atomic E-state index is -0.0874. The maximum atomic E-state index is 12.9. The van der Waals surface area contributed by atoms with Gasteiger partial charge in [-0.05, 0) is 38.1 Å². The highest BCUT2D eigenvalue weighted by Crippen LogP contribution is 2.34. The van der Waals surface area contributed by atoms with Crippen LogP contribution in [-0.2, 0) is 16.1 Å². The minimum Gasteiger partial charge on any atom is -0.497 e. The Bertz CT molecular complexity index is 1100. The van der Waals surface area contributed by atoms with Gasteiger partial charge in [-0.2, -0.15) is 0 Å². The molecule has 4 rings (SSSR count). The van der Waals surface area contributed by atoms with Crippen LogP contribution in [0.4, 0.5) is 5.69 Å². The van der Waals surface area contributed by atoms with Crippen molar-refractivity contribution in [3.8, 4) is 5.75 Å². The van der Waals surface area contributed by atoms with Crippen molar-refractivity contribution in [2.24, 2.45) is 0 Å². The maximum Gasteiger partial charge on any atom is 0.242 e. The van der Waals surface area contributed by atoms with Gasteiger partial charge in [-0.1, -0.05) is 18.2 Å². The van der Waals surface area contributed by atoms with Crippen molar-refractivity contribution in [3.05, 3.63) is 54.4 Å². The van der Waals surface area contributed by atoms with Gasteiger partial charge in [0.25, 0.3) is 0 Å². The summed E-state index contributed by atoms with van der Waals surface area (Å²) >= 11 is 0. The molecule has 7 heteroatoms. The summed E-state index contributed by atoms with van der Waals surface area (Å²) in [7, 11) is 1.61. The van der Waals surface area contributed by atoms with Gasteiger partial charge < -0.3 is 19.1 Å². The zero-order valence-corrected chi connectivity index (χ0v) is 18.2. The smallest absolute Gasteiger partial charge is 0.242 e. The van der Waals surface area contributed by atoms with Gasteiger partial charge in [0.1, 0.15) is 18.1 Å². The van der Waals surface area contributed by atoms with Crippen molar-refractivity contribution < 1.29 is 14.3 Å². The van der Waals surface area contributed by atoms with Crippen LogP contribution in [0.15, 0.2) is 48.5 Å². The van der Waals surface area contributed by atoms with Crippen molar-refractivity contribution in [1.29, 1.82) is 0 Å². The zero-order chi connectivity index (χ0) is 22.0. The number of likely N-dealkylation sites (N-methyl/N-ethyl adjacent to an activating group) is 1. The molecule has 1 saturated heterocycles. The predicted molar refractivity (Wildman–Crippen MR) is 120 cm³/mol. The molecule has 0 unspecified atom stereocenters. The third-order valence-electron chi connectivity index (χ3n) is 5.95. The van der Waals surface area contributed by atoms with Crippen LogP contribution in [0.5, 0.6) is 5.75 Å². The van der Waals surface area contributed by atoms with E-state index in [2.05, 4.69) is 0 Å². The van der Waals surface area contributed by atoms with Crippen LogP contribution in [0.3, 0.4) is 0 Å². The largest absolute Gasteiger partial charge is 0.497 e. The van der Waals surface area contributed by atoms with Crippen LogP contribution < -0.4 is 9.64 Å². The second-order valence-electron chi connectivity index (χ2n) is 7.72. The highest BCUT2D eigenvalue weighted by Gasteiger charge is 2.35. The molecule has 162 valence electrons. The Balaban J connectivity index is 1.68. The fourth-order valence-corrected chi connectivity index (χ4v) is 4.29. The van der Waals surface area contributed by atoms with Crippen molar-refractivity contribution in [2.75, 3.05) is 31.6 Å². The number of hydrogen-bond donors (Lipinski definition) is 0. The van der Waals surface area contributed by atoms with E-state index in [1.807, 2.05) is 71.8 Å². The van der Waals surface area contributed by atoms with Crippen LogP contribution in [0.25, 0.3) is 11.0 Å². The SMILES string of the molecule is CCN(CC)C(=O)Cn1c([C@@H]2CC(=O)N(c3cccc(OC)c3)C2)nc2ccccc21. The molecule has 0 aliphatic carbocycles. The highest BCUT2D eigenvalue weighted by atomic mass is 16.5. The molecule has 0 N–H and O–H groups in total. The Kier molecular flexibility index (Phi) is 5.93. The van der Waals surface area contributed by atoms with Gasteiger partial charge in [0, 0.05) is 43.7 Å². The quantitative estimate of drug-likeness (QED) is 0.587. The van der Waals surface area contributed by atoms with Crippen molar-refractivity contribution in [2.45, 2.75) is 32.7 Å². The number of carbonyl (C=O) groups is 2. The van der Waals surface area contributed by atoms with E-state index >= 15 is 0 Å². The Morgan fingerprint density at radius 2 is 1.94 bits per heavy atom. The van der Waals surface area contributed by atoms with Crippen LogP contribution in [0.2, 0.25) is 0 Å². The number of nitrogens with zero attached hydrogens (tertiary/aromatic N) is 4. The van der Waals surface area contributed by atoms with Crippen LogP contribution in [0, 0.1) is 0 Å². The van der Waals surface area contributed by atoms with Crippen LogP contribution in [-0.4, -0.2) is 53.0 Å². The van der Waals surface area contributed by atoms with Gasteiger partial charge in [-0.3, -0.25) is 9.59 Å². The number of methoxy groups -OCH3 is 1. The Labute approximate surface area is 182 Å². The molecule has 7 nitrogen and oxygen atoms in total. The standard InChI is InChI=1S/C24H28N4O3/c1-4-26(5-2)23(30)16-28-21-12-7-6-11-20(21)25-24(28)17-13-22(29)27(15-17)18-9-8-10-19(14-18)31-3/h6-12,14,17H,4-5,13,15-16H2,1-3H3/t17-/m1/s1. The molecular formula is C24H28N4O3. The number of fused-ring (bicyclic) bond motifs is 1. The second-order valence-corrected chi connectivity index (χ2v) is 7.72. The maximum absolute atomic E-state index is 12.9. The van der Waals surface area contributed by atoms with Crippen LogP contribution in [0.1, 0.15) is 32.0 Å². The molecule has 0 saturated carbocycles. The number of rotatable bonds is 7. The molecule has 1 aliphatic heterocycles. The molecule has 0 spiro atoms. The number of imidazole rings is 1. The number of ether oxygens (including phenoxy) is 1. The summed E-state index contributed by atoms with van der Waals surface area (Å²) in [4.78, 5) is 34.2. The lowest BCUT2D eigenvalue weighted by Gasteiger charge is -2.21. The monoisotopic (exact) mass is 420 g/mol. The van der Waals surface area contributed by atoms with Crippen molar-refractivity contribution >= 4 is 28.5 Å². The average molecular weight is 421 g/mol. The normalized spacial score (nSPS) is 16.2. The molecule has 0 bridgehead atoms. The molecule has 1 fully saturated rings. The van der Waals surface area contributed by atoms with E-state index in [0.29, 0.717) is 31.8 Å². The Morgan fingerprint density at radius 1 is 1.16 bits per heavy atom. The van der Waals surface area contributed by atoms with Gasteiger partial charge in [0.05, 0.1) is 18.1 Å². The molecular weight excluding hydrogens is 392 g/mol. The summed E-state index contributed by atoms with van der Waals surface area (Å²) in [5.74, 6) is 1.53. The molecule has 0 radical (unpaired) electrons. The van der Waals surface area contributed by atoms with E-state index in [0.717, 1.165) is 22.5 Å². The summed E-state index contributed by atoms with van der Waals surface area (Å²) in [6.07, 6.45) is 0.361. The average Bonchev–Trinajstić information content (AvgIpc) is 3.35. The summed E-state index contributed by atoms with van der Waals surface area (Å²) in [5, 5.41) is 0. The van der Waals surface area contributed by atoms with E-state index in [1.54, 1.807) is 12.0 Å². The highest BCUT2D eigenvalue weighted by molar-refractivity contribution is 5.96. The number of anilines is 1. The molecule has 1 aromatic heterocycles. The third-order valence-corrected chi connectivity index (χ3v) is 5.95. The summed E-state index contributed by atoms with van der Waals surface area (Å²) in [5.41, 5.74) is 2.58. The first-order valence-electron chi connectivity index (χ1n) is 10.7. The fraction of sp³-hybridized carbons (Fsp3) is 0.375. The molecule has 1 atom stereocenters.